The predicted octanol–water partition coefficient (Wildman–Crippen LogP) is 4.08. The molecule has 1 aromatic heterocycles. The zero-order valence-electron chi connectivity index (χ0n) is 18.6. The van der Waals surface area contributed by atoms with Gasteiger partial charge in [-0.15, -0.1) is 11.6 Å². The van der Waals surface area contributed by atoms with Gasteiger partial charge in [-0.05, 0) is 25.8 Å². The Morgan fingerprint density at radius 1 is 1.27 bits per heavy atom. The lowest BCUT2D eigenvalue weighted by Crippen LogP contribution is -2.29. The number of hydrogen-bond donors (Lipinski definition) is 1. The molecule has 1 aliphatic rings. The minimum absolute atomic E-state index is 0.0479. The summed E-state index contributed by atoms with van der Waals surface area (Å²) in [6, 6.07) is 6.09. The van der Waals surface area contributed by atoms with Crippen LogP contribution >= 0.6 is 11.6 Å². The summed E-state index contributed by atoms with van der Waals surface area (Å²) in [6.07, 6.45) is 0.860. The molecule has 0 bridgehead atoms. The van der Waals surface area contributed by atoms with Crippen molar-refractivity contribution in [3.8, 4) is 0 Å². The molecule has 1 unspecified atom stereocenters. The molecule has 10 nitrogen and oxygen atoms in total. The lowest BCUT2D eigenvalue weighted by Gasteiger charge is -2.30. The van der Waals surface area contributed by atoms with Gasteiger partial charge in [0.05, 0.1) is 28.9 Å². The Hall–Kier alpha value is -3.24. The Morgan fingerprint density at radius 2 is 2.06 bits per heavy atom. The molecule has 11 heteroatoms. The maximum Gasteiger partial charge on any atom is 0.336 e. The average Bonchev–Trinajstić information content (AvgIpc) is 3.27. The molecule has 0 amide bonds. The number of benzene rings is 1. The first kappa shape index (κ1) is 24.4. The van der Waals surface area contributed by atoms with Gasteiger partial charge in [-0.25, -0.2) is 4.79 Å². The van der Waals surface area contributed by atoms with E-state index >= 15 is 0 Å². The van der Waals surface area contributed by atoms with E-state index < -0.39 is 16.8 Å². The topological polar surface area (TPSA) is 130 Å². The molecule has 3 rings (SSSR count). The highest BCUT2D eigenvalue weighted by Gasteiger charge is 2.37. The zero-order chi connectivity index (χ0) is 24.0. The van der Waals surface area contributed by atoms with Crippen LogP contribution in [0.15, 0.2) is 45.8 Å². The number of allylic oxidation sites excluding steroid dienone is 3. The van der Waals surface area contributed by atoms with E-state index in [0.717, 1.165) is 6.42 Å². The first-order valence-corrected chi connectivity index (χ1v) is 11.0. The lowest BCUT2D eigenvalue weighted by atomic mass is 9.80. The van der Waals surface area contributed by atoms with Crippen molar-refractivity contribution in [1.82, 2.24) is 15.5 Å². The molecule has 33 heavy (non-hydrogen) atoms. The van der Waals surface area contributed by atoms with Gasteiger partial charge < -0.3 is 19.3 Å². The third kappa shape index (κ3) is 5.58. The van der Waals surface area contributed by atoms with Crippen molar-refractivity contribution in [1.29, 1.82) is 0 Å². The minimum Gasteiger partial charge on any atom is -0.460 e. The van der Waals surface area contributed by atoms with Gasteiger partial charge in [0.15, 0.2) is 5.82 Å². The van der Waals surface area contributed by atoms with E-state index in [2.05, 4.69) is 15.5 Å². The highest BCUT2D eigenvalue weighted by molar-refractivity contribution is 6.16. The molecule has 1 atom stereocenters. The quantitative estimate of drug-likeness (QED) is 0.177. The van der Waals surface area contributed by atoms with E-state index in [1.165, 1.54) is 12.1 Å². The maximum absolute atomic E-state index is 13.2. The van der Waals surface area contributed by atoms with Crippen molar-refractivity contribution in [3.05, 3.63) is 68.6 Å². The minimum atomic E-state index is -0.737. The Labute approximate surface area is 195 Å². The van der Waals surface area contributed by atoms with Gasteiger partial charge >= 0.3 is 5.97 Å². The van der Waals surface area contributed by atoms with Crippen LogP contribution < -0.4 is 5.32 Å². The molecule has 0 spiro atoms. The normalized spacial score (nSPS) is 16.1. The number of nitro benzene ring substituents is 1. The second-order valence-electron chi connectivity index (χ2n) is 7.39. The summed E-state index contributed by atoms with van der Waals surface area (Å²) >= 11 is 5.83. The molecule has 1 aromatic carbocycles. The summed E-state index contributed by atoms with van der Waals surface area (Å²) in [5.41, 5.74) is 2.44. The number of ether oxygens (including phenoxy) is 2. The fourth-order valence-electron chi connectivity index (χ4n) is 3.63. The Morgan fingerprint density at radius 3 is 2.73 bits per heavy atom. The standard InChI is InChI=1S/C22H25ClN4O6/c1-4-8-31-9-10-32-22(28)19-14(3)24-13(2)18(21-25-17(12-23)26-33-21)20(19)15-6-5-7-16(11-15)27(29)30/h5-7,11,20,24H,4,8-10,12H2,1-3H3. The third-order valence-corrected chi connectivity index (χ3v) is 5.26. The van der Waals surface area contributed by atoms with Gasteiger partial charge in [0.2, 0.25) is 0 Å². The van der Waals surface area contributed by atoms with E-state index in [-0.39, 0.29) is 42.1 Å². The van der Waals surface area contributed by atoms with Gasteiger partial charge in [0.1, 0.15) is 6.61 Å². The number of non-ortho nitro benzene ring substituents is 1. The Balaban J connectivity index is 2.04. The van der Waals surface area contributed by atoms with Crippen LogP contribution in [0.2, 0.25) is 0 Å². The second-order valence-corrected chi connectivity index (χ2v) is 7.65. The number of carbonyl (C=O) groups excluding carboxylic acids is 1. The molecule has 1 N–H and O–H groups in total. The van der Waals surface area contributed by atoms with Crippen LogP contribution in [0, 0.1) is 10.1 Å². The molecule has 2 aromatic rings. The number of hydrogen-bond acceptors (Lipinski definition) is 9. The van der Waals surface area contributed by atoms with Gasteiger partial charge in [0.25, 0.3) is 11.6 Å². The number of nitrogens with one attached hydrogen (secondary N) is 1. The number of carbonyl (C=O) groups is 1. The van der Waals surface area contributed by atoms with Gasteiger partial charge in [-0.3, -0.25) is 10.1 Å². The molecule has 176 valence electrons. The third-order valence-electron chi connectivity index (χ3n) is 5.02. The molecule has 0 aliphatic carbocycles. The van der Waals surface area contributed by atoms with Crippen LogP contribution in [0.25, 0.3) is 5.57 Å². The van der Waals surface area contributed by atoms with Gasteiger partial charge in [0, 0.05) is 35.7 Å². The van der Waals surface area contributed by atoms with Crippen LogP contribution in [0.1, 0.15) is 50.4 Å². The van der Waals surface area contributed by atoms with E-state index in [0.29, 0.717) is 29.1 Å². The number of nitro groups is 1. The molecular formula is C22H25ClN4O6. The Kier molecular flexibility index (Phi) is 8.18. The van der Waals surface area contributed by atoms with E-state index in [4.69, 9.17) is 25.6 Å². The number of alkyl halides is 1. The van der Waals surface area contributed by atoms with Crippen LogP contribution in [0.5, 0.6) is 0 Å². The monoisotopic (exact) mass is 476 g/mol. The number of nitrogens with zero attached hydrogens (tertiary/aromatic N) is 3. The number of aromatic nitrogens is 2. The van der Waals surface area contributed by atoms with Crippen molar-refractivity contribution in [2.45, 2.75) is 39.0 Å². The summed E-state index contributed by atoms with van der Waals surface area (Å²) in [6.45, 7) is 6.45. The van der Waals surface area contributed by atoms with Crippen molar-refractivity contribution >= 4 is 28.8 Å². The fourth-order valence-corrected chi connectivity index (χ4v) is 3.74. The van der Waals surface area contributed by atoms with Gasteiger partial charge in [-0.2, -0.15) is 4.98 Å². The smallest absolute Gasteiger partial charge is 0.336 e. The number of esters is 1. The van der Waals surface area contributed by atoms with E-state index in [1.807, 2.05) is 6.92 Å². The molecule has 0 saturated heterocycles. The summed E-state index contributed by atoms with van der Waals surface area (Å²) in [5.74, 6) is -0.811. The molecule has 1 aliphatic heterocycles. The number of dihydropyridines is 1. The Bertz CT molecular complexity index is 1090. The van der Waals surface area contributed by atoms with Crippen molar-refractivity contribution < 1.29 is 23.7 Å². The summed E-state index contributed by atoms with van der Waals surface area (Å²) in [5, 5.41) is 18.4. The van der Waals surface area contributed by atoms with Crippen LogP contribution in [0.4, 0.5) is 5.69 Å². The first-order chi connectivity index (χ1) is 15.9. The molecule has 0 fully saturated rings. The largest absolute Gasteiger partial charge is 0.460 e. The number of halogens is 1. The van der Waals surface area contributed by atoms with Crippen LogP contribution in [-0.2, 0) is 20.1 Å². The SMILES string of the molecule is CCCOCCOC(=O)C1=C(C)NC(C)=C(c2nc(CCl)no2)C1c1cccc([N+](=O)[O-])c1. The van der Waals surface area contributed by atoms with Crippen LogP contribution in [-0.4, -0.2) is 40.9 Å². The molecule has 2 heterocycles. The average molecular weight is 477 g/mol. The zero-order valence-corrected chi connectivity index (χ0v) is 19.3. The molecule has 0 radical (unpaired) electrons. The second kappa shape index (κ2) is 11.1. The lowest BCUT2D eigenvalue weighted by molar-refractivity contribution is -0.384. The summed E-state index contributed by atoms with van der Waals surface area (Å²) in [7, 11) is 0. The molecule has 0 saturated carbocycles. The summed E-state index contributed by atoms with van der Waals surface area (Å²) < 4.78 is 16.3. The fraction of sp³-hybridized carbons (Fsp3) is 0.409. The summed E-state index contributed by atoms with van der Waals surface area (Å²) in [4.78, 5) is 28.4. The van der Waals surface area contributed by atoms with E-state index in [9.17, 15) is 14.9 Å². The van der Waals surface area contributed by atoms with Gasteiger partial charge in [-0.1, -0.05) is 24.2 Å². The molecular weight excluding hydrogens is 452 g/mol. The first-order valence-electron chi connectivity index (χ1n) is 10.4. The maximum atomic E-state index is 13.2. The highest BCUT2D eigenvalue weighted by Crippen LogP contribution is 2.43. The van der Waals surface area contributed by atoms with Crippen molar-refractivity contribution in [3.63, 3.8) is 0 Å². The van der Waals surface area contributed by atoms with E-state index in [1.54, 1.807) is 26.0 Å². The predicted molar refractivity (Wildman–Crippen MR) is 120 cm³/mol. The number of rotatable bonds is 10. The van der Waals surface area contributed by atoms with Crippen molar-refractivity contribution in [2.24, 2.45) is 0 Å². The van der Waals surface area contributed by atoms with Crippen molar-refractivity contribution in [2.75, 3.05) is 19.8 Å². The van der Waals surface area contributed by atoms with Crippen LogP contribution in [0.3, 0.4) is 0 Å². The highest BCUT2D eigenvalue weighted by atomic mass is 35.5.